The molecule has 0 spiro atoms. The number of nitrogens with zero attached hydrogens (tertiary/aromatic N) is 4. The van der Waals surface area contributed by atoms with E-state index in [4.69, 9.17) is 28.4 Å². The van der Waals surface area contributed by atoms with Gasteiger partial charge in [0.2, 0.25) is 0 Å². The number of hydrogen-bond acceptors (Lipinski definition) is 16. The maximum absolute atomic E-state index is 14.7. The van der Waals surface area contributed by atoms with E-state index < -0.39 is 102 Å². The topological polar surface area (TPSA) is 236 Å². The summed E-state index contributed by atoms with van der Waals surface area (Å²) < 4.78 is 38.2. The molecule has 0 aliphatic carbocycles. The average Bonchev–Trinajstić information content (AvgIpc) is 3.31. The second kappa shape index (κ2) is 24.7. The van der Waals surface area contributed by atoms with Crippen molar-refractivity contribution in [2.45, 2.75) is 192 Å². The van der Waals surface area contributed by atoms with E-state index >= 15 is 0 Å². The predicted octanol–water partition coefficient (Wildman–Crippen LogP) is 4.87. The van der Waals surface area contributed by atoms with Crippen molar-refractivity contribution in [3.63, 3.8) is 0 Å². The van der Waals surface area contributed by atoms with Crippen LogP contribution in [0, 0.1) is 29.1 Å². The minimum atomic E-state index is -2.00. The molecule has 3 saturated heterocycles. The van der Waals surface area contributed by atoms with Gasteiger partial charge in [-0.15, -0.1) is 0 Å². The maximum Gasteiger partial charge on any atom is 0.321 e. The third kappa shape index (κ3) is 14.0. The predicted molar refractivity (Wildman–Crippen MR) is 268 cm³/mol. The molecule has 18 atom stereocenters. The van der Waals surface area contributed by atoms with Crippen molar-refractivity contribution < 1.29 is 63.5 Å². The average molecular weight is 1000 g/mol. The number of amides is 2. The van der Waals surface area contributed by atoms with Crippen LogP contribution in [0.4, 0.5) is 10.5 Å². The van der Waals surface area contributed by atoms with Gasteiger partial charge >= 0.3 is 12.0 Å². The van der Waals surface area contributed by atoms with Crippen molar-refractivity contribution >= 4 is 28.5 Å². The number of carbonyl (C=O) groups is 2. The normalized spacial score (nSPS) is 39.2. The minimum Gasteiger partial charge on any atom is -0.459 e. The number of cyclic esters (lactones) is 1. The molecule has 3 heterocycles. The molecular weight excluding hydrogens is 915 g/mol. The number of benzene rings is 2. The summed E-state index contributed by atoms with van der Waals surface area (Å²) in [6, 6.07) is 14.0. The molecule has 3 aliphatic rings. The minimum absolute atomic E-state index is 0.0660. The fraction of sp³-hybridized carbons (Fsp3) is 0.755. The Labute approximate surface area is 421 Å². The number of rotatable bonds is 13. The number of hydrogen-bond donors (Lipinski definition) is 6. The zero-order valence-corrected chi connectivity index (χ0v) is 44.4. The van der Waals surface area contributed by atoms with Gasteiger partial charge in [0.15, 0.2) is 12.6 Å². The van der Waals surface area contributed by atoms with Crippen LogP contribution in [0.25, 0.3) is 10.8 Å². The molecule has 0 aromatic heterocycles. The summed E-state index contributed by atoms with van der Waals surface area (Å²) in [6.45, 7) is 17.9. The lowest BCUT2D eigenvalue weighted by Gasteiger charge is -2.48. The van der Waals surface area contributed by atoms with E-state index in [2.05, 4.69) is 11.4 Å². The van der Waals surface area contributed by atoms with Crippen LogP contribution in [0.1, 0.15) is 101 Å². The molecule has 0 unspecified atom stereocenters. The molecule has 18 nitrogen and oxygen atoms in total. The fourth-order valence-electron chi connectivity index (χ4n) is 11.1. The number of esters is 1. The Morgan fingerprint density at radius 3 is 2.25 bits per heavy atom. The molecule has 400 valence electrons. The molecule has 3 aliphatic heterocycles. The highest BCUT2D eigenvalue weighted by atomic mass is 16.7. The van der Waals surface area contributed by atoms with Crippen LogP contribution in [0.3, 0.4) is 0 Å². The van der Waals surface area contributed by atoms with E-state index in [1.807, 2.05) is 80.2 Å². The summed E-state index contributed by atoms with van der Waals surface area (Å²) in [5.74, 6) is -3.07. The first-order valence-electron chi connectivity index (χ1n) is 25.5. The molecule has 2 amide bonds. The SMILES string of the molecule is CC[C@H]1OC(=O)[C@H](C)[C@@H](O[C@H]2C[C@@](C)(OC)[C@@H](O)[C@H](C)O2)[C@H](C)[C@@H](O[C@@H]2O[C@H](C)C[C@H](N(C)C)[C@H]2O)[C@](C)(O)C[C@@H](C)CN(CCN(CCC#N)C(=O)Nc2ccc3ccccc3c2)[C@H](C)[C@@H](O)[C@]1(C)O. The van der Waals surface area contributed by atoms with Crippen molar-refractivity contribution in [2.24, 2.45) is 17.8 Å². The van der Waals surface area contributed by atoms with Crippen molar-refractivity contribution in [1.82, 2.24) is 14.7 Å². The Bertz CT molecular complexity index is 2090. The number of carbonyl (C=O) groups excluding carboxylic acids is 2. The Morgan fingerprint density at radius 1 is 0.944 bits per heavy atom. The van der Waals surface area contributed by atoms with Crippen molar-refractivity contribution in [3.8, 4) is 6.07 Å². The van der Waals surface area contributed by atoms with E-state index in [0.717, 1.165) is 10.8 Å². The molecule has 18 heteroatoms. The van der Waals surface area contributed by atoms with Crippen LogP contribution >= 0.6 is 0 Å². The first-order chi connectivity index (χ1) is 33.3. The number of nitriles is 1. The van der Waals surface area contributed by atoms with Crippen molar-refractivity contribution in [2.75, 3.05) is 52.7 Å². The molecular formula is C53H85N5O13. The number of aliphatic hydroxyl groups excluding tert-OH is 3. The van der Waals surface area contributed by atoms with E-state index in [9.17, 15) is 40.4 Å². The molecule has 2 aromatic carbocycles. The van der Waals surface area contributed by atoms with Gasteiger partial charge in [0.05, 0.1) is 54.0 Å². The number of aliphatic hydroxyl groups is 5. The van der Waals surface area contributed by atoms with Crippen LogP contribution in [0.5, 0.6) is 0 Å². The van der Waals surface area contributed by atoms with Gasteiger partial charge in [0, 0.05) is 63.4 Å². The Kier molecular flexibility index (Phi) is 20.3. The third-order valence-electron chi connectivity index (χ3n) is 15.5. The van der Waals surface area contributed by atoms with Gasteiger partial charge in [-0.25, -0.2) is 4.79 Å². The summed E-state index contributed by atoms with van der Waals surface area (Å²) in [5, 5.41) is 75.0. The highest BCUT2D eigenvalue weighted by molar-refractivity contribution is 5.93. The summed E-state index contributed by atoms with van der Waals surface area (Å²) in [5.41, 5.74) is -4.21. The summed E-state index contributed by atoms with van der Waals surface area (Å²) in [6.07, 6.45) is -9.50. The lowest BCUT2D eigenvalue weighted by molar-refractivity contribution is -0.318. The van der Waals surface area contributed by atoms with Gasteiger partial charge in [-0.1, -0.05) is 51.1 Å². The number of urea groups is 1. The highest BCUT2D eigenvalue weighted by Gasteiger charge is 2.53. The van der Waals surface area contributed by atoms with Crippen LogP contribution in [0.2, 0.25) is 0 Å². The van der Waals surface area contributed by atoms with E-state index in [1.54, 1.807) is 53.4 Å². The second-order valence-electron chi connectivity index (χ2n) is 21.6. The summed E-state index contributed by atoms with van der Waals surface area (Å²) in [4.78, 5) is 34.0. The number of likely N-dealkylation sites (N-methyl/N-ethyl adjacent to an activating group) is 1. The standard InChI is InChI=1S/C53H85N5O13/c1-14-41-53(10,65)45(60)35(6)58(25-24-57(23-17-22-54)50(63)55-39-21-20-37-18-15-16-19-38(37)27-39)30-31(2)28-51(8,64)47(71-49-43(59)40(56(11)12)26-32(3)67-49)33(4)44(34(5)48(62)69-41)70-42-29-52(9,66-13)46(61)36(7)68-42/h15-16,18-21,27,31-36,40-47,49,59-61,64-65H,14,17,23-26,28-30H2,1-13H3,(H,55,63)/t31-,32-,33+,34-,35-,36+,40+,41-,42+,43-,44+,45-,46+,47-,49+,51-,52-,53-/m1/s1. The number of ether oxygens (including phenoxy) is 6. The summed E-state index contributed by atoms with van der Waals surface area (Å²) in [7, 11) is 5.23. The quantitative estimate of drug-likeness (QED) is 0.147. The number of fused-ring (bicyclic) bond motifs is 1. The van der Waals surface area contributed by atoms with Gasteiger partial charge in [0.25, 0.3) is 0 Å². The lowest BCUT2D eigenvalue weighted by atomic mass is 9.77. The molecule has 71 heavy (non-hydrogen) atoms. The highest BCUT2D eigenvalue weighted by Crippen LogP contribution is 2.40. The lowest BCUT2D eigenvalue weighted by Crippen LogP contribution is -2.60. The molecule has 0 bridgehead atoms. The monoisotopic (exact) mass is 1000 g/mol. The van der Waals surface area contributed by atoms with E-state index in [1.165, 1.54) is 14.0 Å². The molecule has 0 saturated carbocycles. The summed E-state index contributed by atoms with van der Waals surface area (Å²) >= 11 is 0. The Hall–Kier alpha value is -3.55. The fourth-order valence-corrected chi connectivity index (χ4v) is 11.1. The second-order valence-corrected chi connectivity index (χ2v) is 21.6. The van der Waals surface area contributed by atoms with Crippen LogP contribution < -0.4 is 5.32 Å². The van der Waals surface area contributed by atoms with Crippen LogP contribution in [-0.4, -0.2) is 190 Å². The van der Waals surface area contributed by atoms with Gasteiger partial charge in [-0.3, -0.25) is 9.69 Å². The number of anilines is 1. The van der Waals surface area contributed by atoms with Crippen molar-refractivity contribution in [1.29, 1.82) is 5.26 Å². The molecule has 2 aromatic rings. The number of methoxy groups -OCH3 is 1. The Balaban J connectivity index is 1.55. The van der Waals surface area contributed by atoms with E-state index in [-0.39, 0.29) is 69.9 Å². The first kappa shape index (κ1) is 58.3. The molecule has 5 rings (SSSR count). The van der Waals surface area contributed by atoms with Crippen LogP contribution in [0.15, 0.2) is 42.5 Å². The maximum atomic E-state index is 14.7. The zero-order chi connectivity index (χ0) is 52.7. The van der Waals surface area contributed by atoms with Gasteiger partial charge in [0.1, 0.15) is 30.0 Å². The largest absolute Gasteiger partial charge is 0.459 e. The zero-order valence-electron chi connectivity index (χ0n) is 44.4. The van der Waals surface area contributed by atoms with Gasteiger partial charge < -0.3 is 69.1 Å². The molecule has 3 fully saturated rings. The molecule has 6 N–H and O–H groups in total. The molecule has 0 radical (unpaired) electrons. The third-order valence-corrected chi connectivity index (χ3v) is 15.5. The van der Waals surface area contributed by atoms with Crippen LogP contribution in [-0.2, 0) is 33.2 Å². The van der Waals surface area contributed by atoms with E-state index in [0.29, 0.717) is 12.1 Å². The Morgan fingerprint density at radius 2 is 1.62 bits per heavy atom. The smallest absolute Gasteiger partial charge is 0.321 e. The van der Waals surface area contributed by atoms with Gasteiger partial charge in [-0.05, 0) is 111 Å². The van der Waals surface area contributed by atoms with Crippen molar-refractivity contribution in [3.05, 3.63) is 42.5 Å². The van der Waals surface area contributed by atoms with Gasteiger partial charge in [-0.2, -0.15) is 5.26 Å². The first-order valence-corrected chi connectivity index (χ1v) is 25.5. The number of nitrogens with one attached hydrogen (secondary N) is 1.